The predicted octanol–water partition coefficient (Wildman–Crippen LogP) is 1.48. The number of carbonyl (C=O) groups is 1. The van der Waals surface area contributed by atoms with Gasteiger partial charge >= 0.3 is 0 Å². The molecule has 0 spiro atoms. The maximum absolute atomic E-state index is 12.5. The van der Waals surface area contributed by atoms with E-state index in [0.717, 1.165) is 19.4 Å². The smallest absolute Gasteiger partial charge is 0.254 e. The summed E-state index contributed by atoms with van der Waals surface area (Å²) in [6.45, 7) is 4.30. The molecule has 134 valence electrons. The molecule has 0 radical (unpaired) electrons. The zero-order valence-electron chi connectivity index (χ0n) is 14.1. The molecular formula is C16H20N4O4S. The van der Waals surface area contributed by atoms with Crippen molar-refractivity contribution in [1.29, 1.82) is 0 Å². The summed E-state index contributed by atoms with van der Waals surface area (Å²) in [7, 11) is -3.72. The van der Waals surface area contributed by atoms with Gasteiger partial charge in [0.1, 0.15) is 0 Å². The Bertz CT molecular complexity index is 861. The van der Waals surface area contributed by atoms with Crippen molar-refractivity contribution in [3.63, 3.8) is 0 Å². The number of aryl methyl sites for hydroxylation is 1. The van der Waals surface area contributed by atoms with Crippen LogP contribution in [-0.4, -0.2) is 42.0 Å². The average molecular weight is 364 g/mol. The fourth-order valence-corrected chi connectivity index (χ4v) is 3.80. The van der Waals surface area contributed by atoms with Crippen LogP contribution in [0.3, 0.4) is 0 Å². The third-order valence-electron chi connectivity index (χ3n) is 4.21. The average Bonchev–Trinajstić information content (AvgIpc) is 3.21. The van der Waals surface area contributed by atoms with Crippen LogP contribution in [0.4, 0.5) is 0 Å². The van der Waals surface area contributed by atoms with E-state index in [1.165, 1.54) is 12.1 Å². The van der Waals surface area contributed by atoms with Crippen LogP contribution >= 0.6 is 0 Å². The van der Waals surface area contributed by atoms with Crippen LogP contribution in [0.5, 0.6) is 0 Å². The lowest BCUT2D eigenvalue weighted by Gasteiger charge is -2.21. The standard InChI is InChI=1S/C16H20N4O4S/c1-11-4-3-9-20(11)16(21)13-5-7-14(8-6-13)25(22,23)17-10-15-19-18-12(2)24-15/h5-8,11,17H,3-4,9-10H2,1-2H3. The van der Waals surface area contributed by atoms with Crippen molar-refractivity contribution in [2.24, 2.45) is 0 Å². The number of nitrogens with one attached hydrogen (secondary N) is 1. The molecule has 1 atom stereocenters. The number of amides is 1. The van der Waals surface area contributed by atoms with Crippen molar-refractivity contribution in [1.82, 2.24) is 19.8 Å². The first kappa shape index (κ1) is 17.6. The lowest BCUT2D eigenvalue weighted by atomic mass is 10.2. The van der Waals surface area contributed by atoms with Crippen LogP contribution in [0.25, 0.3) is 0 Å². The number of carbonyl (C=O) groups excluding carboxylic acids is 1. The zero-order valence-corrected chi connectivity index (χ0v) is 14.9. The second-order valence-corrected chi connectivity index (χ2v) is 7.82. The lowest BCUT2D eigenvalue weighted by Crippen LogP contribution is -2.33. The Morgan fingerprint density at radius 3 is 2.60 bits per heavy atom. The molecule has 1 aromatic heterocycles. The molecule has 0 saturated carbocycles. The van der Waals surface area contributed by atoms with Crippen molar-refractivity contribution in [2.45, 2.75) is 44.2 Å². The number of sulfonamides is 1. The van der Waals surface area contributed by atoms with Crippen LogP contribution < -0.4 is 4.72 Å². The van der Waals surface area contributed by atoms with E-state index in [2.05, 4.69) is 14.9 Å². The van der Waals surface area contributed by atoms with Crippen LogP contribution in [0.1, 0.15) is 41.9 Å². The van der Waals surface area contributed by atoms with Gasteiger partial charge < -0.3 is 9.32 Å². The number of aromatic nitrogens is 2. The van der Waals surface area contributed by atoms with Gasteiger partial charge in [-0.15, -0.1) is 10.2 Å². The minimum Gasteiger partial charge on any atom is -0.424 e. The van der Waals surface area contributed by atoms with Crippen molar-refractivity contribution >= 4 is 15.9 Å². The molecule has 1 aliphatic heterocycles. The highest BCUT2D eigenvalue weighted by Crippen LogP contribution is 2.20. The van der Waals surface area contributed by atoms with E-state index in [1.807, 2.05) is 11.8 Å². The fourth-order valence-electron chi connectivity index (χ4n) is 2.83. The van der Waals surface area contributed by atoms with E-state index in [9.17, 15) is 13.2 Å². The van der Waals surface area contributed by atoms with E-state index in [4.69, 9.17) is 4.42 Å². The molecule has 1 aromatic carbocycles. The number of nitrogens with zero attached hydrogens (tertiary/aromatic N) is 3. The Morgan fingerprint density at radius 2 is 2.04 bits per heavy atom. The van der Waals surface area contributed by atoms with Gasteiger partial charge in [-0.25, -0.2) is 13.1 Å². The SMILES string of the molecule is Cc1nnc(CNS(=O)(=O)c2ccc(C(=O)N3CCCC3C)cc2)o1. The molecule has 2 aromatic rings. The summed E-state index contributed by atoms with van der Waals surface area (Å²) < 4.78 is 32.1. The highest BCUT2D eigenvalue weighted by Gasteiger charge is 2.26. The molecule has 1 fully saturated rings. The van der Waals surface area contributed by atoms with Crippen LogP contribution in [0, 0.1) is 6.92 Å². The molecule has 1 saturated heterocycles. The van der Waals surface area contributed by atoms with Crippen LogP contribution in [0.15, 0.2) is 33.6 Å². The number of benzene rings is 1. The molecular weight excluding hydrogens is 344 g/mol. The molecule has 1 N–H and O–H groups in total. The number of hydrogen-bond donors (Lipinski definition) is 1. The monoisotopic (exact) mass is 364 g/mol. The first-order valence-electron chi connectivity index (χ1n) is 8.06. The Morgan fingerprint density at radius 1 is 1.32 bits per heavy atom. The van der Waals surface area contributed by atoms with Gasteiger partial charge in [0.25, 0.3) is 5.91 Å². The van der Waals surface area contributed by atoms with Gasteiger partial charge in [-0.2, -0.15) is 0 Å². The van der Waals surface area contributed by atoms with Gasteiger partial charge in [0.05, 0.1) is 11.4 Å². The highest BCUT2D eigenvalue weighted by molar-refractivity contribution is 7.89. The van der Waals surface area contributed by atoms with Gasteiger partial charge in [-0.1, -0.05) is 0 Å². The minimum absolute atomic E-state index is 0.0664. The molecule has 8 nitrogen and oxygen atoms in total. The fraction of sp³-hybridized carbons (Fsp3) is 0.438. The van der Waals surface area contributed by atoms with E-state index in [1.54, 1.807) is 19.1 Å². The topological polar surface area (TPSA) is 105 Å². The van der Waals surface area contributed by atoms with Gasteiger partial charge in [-0.3, -0.25) is 4.79 Å². The summed E-state index contributed by atoms with van der Waals surface area (Å²) in [6.07, 6.45) is 2.00. The lowest BCUT2D eigenvalue weighted by molar-refractivity contribution is 0.0747. The van der Waals surface area contributed by atoms with E-state index < -0.39 is 10.0 Å². The summed E-state index contributed by atoms with van der Waals surface area (Å²) >= 11 is 0. The summed E-state index contributed by atoms with van der Waals surface area (Å²) in [4.78, 5) is 14.4. The first-order chi connectivity index (χ1) is 11.9. The van der Waals surface area contributed by atoms with Crippen LogP contribution in [0.2, 0.25) is 0 Å². The summed E-state index contributed by atoms with van der Waals surface area (Å²) in [5.41, 5.74) is 0.486. The Balaban J connectivity index is 1.69. The largest absolute Gasteiger partial charge is 0.424 e. The molecule has 0 bridgehead atoms. The number of likely N-dealkylation sites (tertiary alicyclic amines) is 1. The van der Waals surface area contributed by atoms with Gasteiger partial charge in [0.2, 0.25) is 21.8 Å². The summed E-state index contributed by atoms with van der Waals surface area (Å²) in [6, 6.07) is 6.15. The summed E-state index contributed by atoms with van der Waals surface area (Å²) in [5, 5.41) is 7.38. The highest BCUT2D eigenvalue weighted by atomic mass is 32.2. The Hall–Kier alpha value is -2.26. The zero-order chi connectivity index (χ0) is 18.0. The van der Waals surface area contributed by atoms with Crippen molar-refractivity contribution in [2.75, 3.05) is 6.54 Å². The molecule has 1 amide bonds. The maximum atomic E-state index is 12.5. The number of rotatable bonds is 5. The molecule has 25 heavy (non-hydrogen) atoms. The number of hydrogen-bond acceptors (Lipinski definition) is 6. The normalized spacial score (nSPS) is 17.8. The molecule has 1 unspecified atom stereocenters. The van der Waals surface area contributed by atoms with Crippen molar-refractivity contribution < 1.29 is 17.6 Å². The molecule has 0 aliphatic carbocycles. The third kappa shape index (κ3) is 3.88. The first-order valence-corrected chi connectivity index (χ1v) is 9.55. The predicted molar refractivity (Wildman–Crippen MR) is 89.2 cm³/mol. The quantitative estimate of drug-likeness (QED) is 0.861. The third-order valence-corrected chi connectivity index (χ3v) is 5.62. The van der Waals surface area contributed by atoms with Gasteiger partial charge in [-0.05, 0) is 44.0 Å². The molecule has 3 rings (SSSR count). The van der Waals surface area contributed by atoms with E-state index >= 15 is 0 Å². The Kier molecular flexibility index (Phi) is 4.87. The van der Waals surface area contributed by atoms with Crippen molar-refractivity contribution in [3.05, 3.63) is 41.6 Å². The molecule has 2 heterocycles. The van der Waals surface area contributed by atoms with Crippen LogP contribution in [-0.2, 0) is 16.6 Å². The molecule has 9 heteroatoms. The Labute approximate surface area is 146 Å². The maximum Gasteiger partial charge on any atom is 0.254 e. The molecule has 1 aliphatic rings. The van der Waals surface area contributed by atoms with Crippen molar-refractivity contribution in [3.8, 4) is 0 Å². The van der Waals surface area contributed by atoms with Gasteiger partial charge in [0, 0.05) is 25.1 Å². The minimum atomic E-state index is -3.72. The summed E-state index contributed by atoms with van der Waals surface area (Å²) in [5.74, 6) is 0.493. The van der Waals surface area contributed by atoms with Gasteiger partial charge in [0.15, 0.2) is 0 Å². The van der Waals surface area contributed by atoms with E-state index in [-0.39, 0.29) is 29.3 Å². The second kappa shape index (κ2) is 6.93. The van der Waals surface area contributed by atoms with E-state index in [0.29, 0.717) is 11.5 Å². The second-order valence-electron chi connectivity index (χ2n) is 6.05.